The Kier molecular flexibility index (Phi) is 6.34. The Balaban J connectivity index is 1.44. The molecule has 35 heavy (non-hydrogen) atoms. The average Bonchev–Trinajstić information content (AvgIpc) is 3.20. The van der Waals surface area contributed by atoms with E-state index < -0.39 is 5.91 Å². The number of carbonyl (C=O) groups is 2. The smallest absolute Gasteiger partial charge is 0.256 e. The van der Waals surface area contributed by atoms with Crippen LogP contribution in [-0.2, 0) is 13.0 Å². The van der Waals surface area contributed by atoms with Crippen LogP contribution in [0.2, 0.25) is 0 Å². The fourth-order valence-corrected chi connectivity index (χ4v) is 5.36. The summed E-state index contributed by atoms with van der Waals surface area (Å²) in [6.45, 7) is 3.23. The van der Waals surface area contributed by atoms with Gasteiger partial charge >= 0.3 is 0 Å². The summed E-state index contributed by atoms with van der Waals surface area (Å²) >= 11 is 0. The van der Waals surface area contributed by atoms with Crippen LogP contribution >= 0.6 is 0 Å². The molecule has 1 aliphatic heterocycles. The number of primary amides is 1. The van der Waals surface area contributed by atoms with Gasteiger partial charge in [-0.25, -0.2) is 0 Å². The molecule has 1 aliphatic carbocycles. The molecule has 0 saturated heterocycles. The fraction of sp³-hybridized carbons (Fsp3) is 0.357. The van der Waals surface area contributed by atoms with Gasteiger partial charge in [-0.1, -0.05) is 30.3 Å². The van der Waals surface area contributed by atoms with Crippen molar-refractivity contribution in [3.8, 4) is 5.69 Å². The zero-order valence-corrected chi connectivity index (χ0v) is 20.0. The molecule has 1 fully saturated rings. The lowest BCUT2D eigenvalue weighted by atomic mass is 9.92. The first kappa shape index (κ1) is 23.2. The Morgan fingerprint density at radius 2 is 1.86 bits per heavy atom. The third-order valence-electron chi connectivity index (χ3n) is 7.24. The molecule has 2 aliphatic rings. The molecule has 0 bridgehead atoms. The number of nitrogens with zero attached hydrogens (tertiary/aromatic N) is 2. The van der Waals surface area contributed by atoms with E-state index in [1.54, 1.807) is 6.07 Å². The van der Waals surface area contributed by atoms with E-state index in [1.807, 2.05) is 60.5 Å². The predicted molar refractivity (Wildman–Crippen MR) is 136 cm³/mol. The van der Waals surface area contributed by atoms with Crippen molar-refractivity contribution < 1.29 is 14.7 Å². The molecule has 0 unspecified atom stereocenters. The molecule has 182 valence electrons. The van der Waals surface area contributed by atoms with Crippen LogP contribution in [0.5, 0.6) is 0 Å². The van der Waals surface area contributed by atoms with Crippen molar-refractivity contribution in [2.45, 2.75) is 57.7 Å². The number of aliphatic hydroxyl groups is 1. The van der Waals surface area contributed by atoms with Gasteiger partial charge in [0.05, 0.1) is 17.2 Å². The van der Waals surface area contributed by atoms with Crippen LogP contribution in [0.4, 0.5) is 5.69 Å². The summed E-state index contributed by atoms with van der Waals surface area (Å²) in [6, 6.07) is 15.8. The van der Waals surface area contributed by atoms with Crippen molar-refractivity contribution in [1.29, 1.82) is 0 Å². The van der Waals surface area contributed by atoms with E-state index in [0.29, 0.717) is 24.3 Å². The van der Waals surface area contributed by atoms with E-state index in [9.17, 15) is 14.7 Å². The molecule has 0 radical (unpaired) electrons. The van der Waals surface area contributed by atoms with Crippen molar-refractivity contribution in [3.63, 3.8) is 0 Å². The van der Waals surface area contributed by atoms with Crippen molar-refractivity contribution in [3.05, 3.63) is 82.7 Å². The Hall–Kier alpha value is -3.58. The largest absolute Gasteiger partial charge is 0.393 e. The SMILES string of the molecule is Cc1cn(-c2ccc(C(N)=O)c(NC3CCC(O)CC3)c2)c2c1C(=O)N(Cc1ccccc1)CC2. The molecule has 4 N–H and O–H groups in total. The average molecular weight is 473 g/mol. The monoisotopic (exact) mass is 472 g/mol. The number of hydrogen-bond acceptors (Lipinski definition) is 4. The van der Waals surface area contributed by atoms with Gasteiger partial charge in [0, 0.05) is 48.8 Å². The second-order valence-electron chi connectivity index (χ2n) is 9.71. The number of nitrogens with two attached hydrogens (primary N) is 1. The zero-order chi connectivity index (χ0) is 24.5. The molecule has 1 aromatic heterocycles. The number of nitrogens with one attached hydrogen (secondary N) is 1. The molecule has 0 atom stereocenters. The van der Waals surface area contributed by atoms with Crippen LogP contribution < -0.4 is 11.1 Å². The first-order valence-electron chi connectivity index (χ1n) is 12.3. The highest BCUT2D eigenvalue weighted by Gasteiger charge is 2.30. The third kappa shape index (κ3) is 4.68. The van der Waals surface area contributed by atoms with Gasteiger partial charge in [-0.05, 0) is 61.9 Å². The number of amides is 2. The molecule has 7 heteroatoms. The predicted octanol–water partition coefficient (Wildman–Crippen LogP) is 3.80. The van der Waals surface area contributed by atoms with E-state index in [-0.39, 0.29) is 18.1 Å². The van der Waals surface area contributed by atoms with Gasteiger partial charge < -0.3 is 25.6 Å². The Morgan fingerprint density at radius 3 is 2.57 bits per heavy atom. The van der Waals surface area contributed by atoms with Gasteiger partial charge in [-0.15, -0.1) is 0 Å². The van der Waals surface area contributed by atoms with Gasteiger partial charge in [0.2, 0.25) is 0 Å². The number of benzene rings is 2. The molecule has 3 aromatic rings. The number of aryl methyl sites for hydroxylation is 1. The maximum atomic E-state index is 13.4. The topological polar surface area (TPSA) is 101 Å². The minimum atomic E-state index is -0.479. The molecular formula is C28H32N4O3. The number of fused-ring (bicyclic) bond motifs is 1. The number of anilines is 1. The highest BCUT2D eigenvalue weighted by Crippen LogP contribution is 2.31. The standard InChI is InChI=1S/C28H32N4O3/c1-18-16-32(25-13-14-31(28(35)26(18)25)17-19-5-3-2-4-6-19)21-9-12-23(27(29)34)24(15-21)30-20-7-10-22(33)11-8-20/h2-6,9,12,15-16,20,22,30,33H,7-8,10-11,13-14,17H2,1H3,(H2,29,34). The Morgan fingerprint density at radius 1 is 1.11 bits per heavy atom. The van der Waals surface area contributed by atoms with Gasteiger partial charge in [0.1, 0.15) is 0 Å². The molecule has 1 saturated carbocycles. The van der Waals surface area contributed by atoms with E-state index in [0.717, 1.165) is 60.2 Å². The molecule has 0 spiro atoms. The van der Waals surface area contributed by atoms with Gasteiger partial charge in [0.15, 0.2) is 0 Å². The fourth-order valence-electron chi connectivity index (χ4n) is 5.36. The summed E-state index contributed by atoms with van der Waals surface area (Å²) in [7, 11) is 0. The highest BCUT2D eigenvalue weighted by atomic mass is 16.3. The van der Waals surface area contributed by atoms with Gasteiger partial charge in [0.25, 0.3) is 11.8 Å². The van der Waals surface area contributed by atoms with E-state index in [2.05, 4.69) is 9.88 Å². The van der Waals surface area contributed by atoms with Crippen molar-refractivity contribution in [2.24, 2.45) is 5.73 Å². The van der Waals surface area contributed by atoms with Crippen LogP contribution in [0.3, 0.4) is 0 Å². The Bertz CT molecular complexity index is 1240. The van der Waals surface area contributed by atoms with Crippen LogP contribution in [0, 0.1) is 6.92 Å². The minimum Gasteiger partial charge on any atom is -0.393 e. The number of aliphatic hydroxyl groups excluding tert-OH is 1. The van der Waals surface area contributed by atoms with Gasteiger partial charge in [-0.3, -0.25) is 9.59 Å². The zero-order valence-electron chi connectivity index (χ0n) is 20.0. The van der Waals surface area contributed by atoms with Gasteiger partial charge in [-0.2, -0.15) is 0 Å². The highest BCUT2D eigenvalue weighted by molar-refractivity contribution is 5.99. The van der Waals surface area contributed by atoms with Crippen LogP contribution in [0.1, 0.15) is 63.2 Å². The second kappa shape index (κ2) is 9.58. The van der Waals surface area contributed by atoms with Crippen molar-refractivity contribution in [2.75, 3.05) is 11.9 Å². The summed E-state index contributed by atoms with van der Waals surface area (Å²) < 4.78 is 2.07. The molecule has 2 amide bonds. The lowest BCUT2D eigenvalue weighted by Gasteiger charge is -2.29. The summed E-state index contributed by atoms with van der Waals surface area (Å²) in [5.41, 5.74) is 11.5. The van der Waals surface area contributed by atoms with E-state index >= 15 is 0 Å². The molecule has 2 aromatic carbocycles. The molecule has 7 nitrogen and oxygen atoms in total. The first-order chi connectivity index (χ1) is 16.9. The van der Waals surface area contributed by atoms with Crippen LogP contribution in [0.25, 0.3) is 5.69 Å². The number of rotatable bonds is 6. The quantitative estimate of drug-likeness (QED) is 0.508. The van der Waals surface area contributed by atoms with Crippen LogP contribution in [-0.4, -0.2) is 45.1 Å². The molecular weight excluding hydrogens is 440 g/mol. The van der Waals surface area contributed by atoms with Crippen molar-refractivity contribution in [1.82, 2.24) is 9.47 Å². The normalized spacial score (nSPS) is 19.9. The summed E-state index contributed by atoms with van der Waals surface area (Å²) in [5, 5.41) is 13.3. The van der Waals surface area contributed by atoms with E-state index in [1.165, 1.54) is 0 Å². The Labute approximate surface area is 205 Å². The number of carbonyl (C=O) groups excluding carboxylic acids is 2. The lowest BCUT2D eigenvalue weighted by Crippen LogP contribution is -2.37. The maximum Gasteiger partial charge on any atom is 0.256 e. The minimum absolute atomic E-state index is 0.0548. The number of hydrogen-bond donors (Lipinski definition) is 3. The summed E-state index contributed by atoms with van der Waals surface area (Å²) in [5.74, 6) is -0.424. The summed E-state index contributed by atoms with van der Waals surface area (Å²) in [6.07, 6.45) is 5.69. The van der Waals surface area contributed by atoms with Crippen LogP contribution in [0.15, 0.2) is 54.7 Å². The maximum absolute atomic E-state index is 13.4. The molecule has 2 heterocycles. The third-order valence-corrected chi connectivity index (χ3v) is 7.24. The molecule has 5 rings (SSSR count). The van der Waals surface area contributed by atoms with Crippen molar-refractivity contribution >= 4 is 17.5 Å². The first-order valence-corrected chi connectivity index (χ1v) is 12.3. The second-order valence-corrected chi connectivity index (χ2v) is 9.71. The number of aromatic nitrogens is 1. The van der Waals surface area contributed by atoms with E-state index in [4.69, 9.17) is 5.73 Å². The summed E-state index contributed by atoms with van der Waals surface area (Å²) in [4.78, 5) is 27.4. The lowest BCUT2D eigenvalue weighted by molar-refractivity contribution is 0.0725.